The lowest BCUT2D eigenvalue weighted by Crippen LogP contribution is -2.36. The van der Waals surface area contributed by atoms with Crippen molar-refractivity contribution in [2.24, 2.45) is 4.99 Å². The average Bonchev–Trinajstić information content (AvgIpc) is 3.01. The molecular weight excluding hydrogens is 616 g/mol. The Morgan fingerprint density at radius 3 is 1.82 bits per heavy atom. The van der Waals surface area contributed by atoms with Crippen LogP contribution < -0.4 is 5.32 Å². The molecule has 0 atom stereocenters. The second kappa shape index (κ2) is 29.1. The van der Waals surface area contributed by atoms with Gasteiger partial charge in [0.05, 0.1) is 26.4 Å². The number of esters is 1. The number of carbonyl (C=O) groups is 4. The van der Waals surface area contributed by atoms with Crippen molar-refractivity contribution >= 4 is 46.8 Å². The van der Waals surface area contributed by atoms with Crippen molar-refractivity contribution in [2.75, 3.05) is 74.6 Å². The number of ether oxygens (including phenoxy) is 3. The number of amides is 1. The molecule has 0 aromatic rings. The van der Waals surface area contributed by atoms with Gasteiger partial charge in [-0.1, -0.05) is 6.58 Å². The predicted molar refractivity (Wildman–Crippen MR) is 166 cm³/mol. The van der Waals surface area contributed by atoms with Crippen LogP contribution in [0.2, 0.25) is 25.2 Å². The van der Waals surface area contributed by atoms with Crippen LogP contribution in [0, 0.1) is 0 Å². The number of hydrogen-bond donors (Lipinski definition) is 2. The highest BCUT2D eigenvalue weighted by Gasteiger charge is 2.28. The van der Waals surface area contributed by atoms with E-state index >= 15 is 0 Å². The summed E-state index contributed by atoms with van der Waals surface area (Å²) in [7, 11) is 2.60. The first-order chi connectivity index (χ1) is 20.7. The number of hydrogen-bond acceptors (Lipinski definition) is 14. The Balaban J connectivity index is -0.000000641. The minimum Gasteiger partial charge on any atom is -0.460 e. The van der Waals surface area contributed by atoms with Crippen LogP contribution in [-0.2, 0) is 51.1 Å². The van der Waals surface area contributed by atoms with E-state index in [2.05, 4.69) is 21.6 Å². The Hall–Kier alpha value is -2.61. The molecule has 256 valence electrons. The molecule has 0 aromatic heterocycles. The van der Waals surface area contributed by atoms with Gasteiger partial charge >= 0.3 is 29.2 Å². The van der Waals surface area contributed by atoms with Gasteiger partial charge in [-0.15, -0.1) is 0 Å². The van der Waals surface area contributed by atoms with Gasteiger partial charge in [-0.25, -0.2) is 19.4 Å². The highest BCUT2D eigenvalue weighted by molar-refractivity contribution is 6.66. The van der Waals surface area contributed by atoms with E-state index in [-0.39, 0.29) is 45.3 Å². The van der Waals surface area contributed by atoms with Crippen molar-refractivity contribution in [1.29, 1.82) is 0 Å². The van der Waals surface area contributed by atoms with Crippen molar-refractivity contribution in [3.05, 3.63) is 12.2 Å². The fourth-order valence-electron chi connectivity index (χ4n) is 2.55. The van der Waals surface area contributed by atoms with E-state index in [4.69, 9.17) is 32.3 Å². The molecule has 0 aliphatic rings. The third kappa shape index (κ3) is 28.2. The minimum atomic E-state index is -2.10. The Bertz CT molecular complexity index is 876. The van der Waals surface area contributed by atoms with Crippen molar-refractivity contribution in [1.82, 2.24) is 5.32 Å². The molecule has 0 rings (SSSR count). The van der Waals surface area contributed by atoms with Crippen LogP contribution in [0.25, 0.3) is 0 Å². The van der Waals surface area contributed by atoms with Crippen molar-refractivity contribution in [3.63, 3.8) is 0 Å². The SMILES string of the molecule is C=C(C)C(=O)COCCNC(=O)OCCC[Si](C)(OC)OC.CC(=O)C(=O)OCCCN=C=O.CO[Si](C)(CCCO)OC. The van der Waals surface area contributed by atoms with Crippen LogP contribution in [0.3, 0.4) is 0 Å². The second-order valence-corrected chi connectivity index (χ2v) is 16.5. The Labute approximate surface area is 263 Å². The maximum atomic E-state index is 11.4. The van der Waals surface area contributed by atoms with Gasteiger partial charge in [0.1, 0.15) is 6.61 Å². The first-order valence-corrected chi connectivity index (χ1v) is 19.0. The summed E-state index contributed by atoms with van der Waals surface area (Å²) < 4.78 is 35.6. The zero-order valence-corrected chi connectivity index (χ0v) is 29.5. The van der Waals surface area contributed by atoms with Gasteiger partial charge in [-0.2, -0.15) is 0 Å². The molecule has 0 saturated carbocycles. The number of alkyl carbamates (subject to hydrolysis) is 1. The van der Waals surface area contributed by atoms with Gasteiger partial charge in [0.15, 0.2) is 5.78 Å². The van der Waals surface area contributed by atoms with E-state index in [1.54, 1.807) is 35.4 Å². The number of aliphatic hydroxyl groups excluding tert-OH is 1. The zero-order valence-electron chi connectivity index (χ0n) is 27.5. The second-order valence-electron chi connectivity index (χ2n) is 9.35. The smallest absolute Gasteiger partial charge is 0.407 e. The van der Waals surface area contributed by atoms with Gasteiger partial charge < -0.3 is 42.3 Å². The number of carbonyl (C=O) groups excluding carboxylic acids is 5. The third-order valence-corrected chi connectivity index (χ3v) is 11.7. The summed E-state index contributed by atoms with van der Waals surface area (Å²) in [6.07, 6.45) is 2.71. The number of aliphatic imine (C=N–C) groups is 1. The molecule has 0 spiro atoms. The molecule has 0 aliphatic heterocycles. The van der Waals surface area contributed by atoms with Gasteiger partial charge in [0.25, 0.3) is 0 Å². The van der Waals surface area contributed by atoms with Crippen molar-refractivity contribution in [3.8, 4) is 0 Å². The van der Waals surface area contributed by atoms with Crippen LogP contribution in [0.5, 0.6) is 0 Å². The van der Waals surface area contributed by atoms with Crippen LogP contribution in [0.4, 0.5) is 4.79 Å². The first kappa shape index (κ1) is 45.8. The molecule has 0 radical (unpaired) electrons. The lowest BCUT2D eigenvalue weighted by molar-refractivity contribution is -0.152. The number of rotatable bonds is 22. The van der Waals surface area contributed by atoms with Gasteiger partial charge in [0.2, 0.25) is 11.9 Å². The first-order valence-electron chi connectivity index (χ1n) is 13.9. The van der Waals surface area contributed by atoms with Gasteiger partial charge in [0, 0.05) is 54.9 Å². The van der Waals surface area contributed by atoms with E-state index in [1.165, 1.54) is 6.08 Å². The van der Waals surface area contributed by atoms with E-state index < -0.39 is 35.0 Å². The highest BCUT2D eigenvalue weighted by atomic mass is 28.4. The monoisotopic (exact) mass is 668 g/mol. The number of ketones is 2. The summed E-state index contributed by atoms with van der Waals surface area (Å²) in [5, 5.41) is 11.1. The number of nitrogens with zero attached hydrogens (tertiary/aromatic N) is 1. The number of isocyanates is 1. The summed E-state index contributed by atoms with van der Waals surface area (Å²) in [6.45, 7) is 11.6. The van der Waals surface area contributed by atoms with Gasteiger partial charge in [-0.3, -0.25) is 9.59 Å². The largest absolute Gasteiger partial charge is 0.460 e. The lowest BCUT2D eigenvalue weighted by Gasteiger charge is -2.22. The topological polar surface area (TPSA) is 195 Å². The van der Waals surface area contributed by atoms with E-state index in [0.29, 0.717) is 25.0 Å². The molecule has 44 heavy (non-hydrogen) atoms. The molecule has 17 heteroatoms. The van der Waals surface area contributed by atoms with Crippen molar-refractivity contribution in [2.45, 2.75) is 58.3 Å². The molecule has 2 N–H and O–H groups in total. The Morgan fingerprint density at radius 1 is 0.841 bits per heavy atom. The van der Waals surface area contributed by atoms with Crippen LogP contribution in [-0.4, -0.2) is 127 Å². The maximum Gasteiger partial charge on any atom is 0.407 e. The van der Waals surface area contributed by atoms with E-state index in [1.807, 2.05) is 13.1 Å². The fourth-order valence-corrected chi connectivity index (χ4v) is 5.29. The standard InChI is InChI=1S/C14H27NO6Si.C7H9NO4.C6H16O3Si/c1-12(2)13(16)11-20-9-7-15-14(17)21-8-6-10-22(5,18-3)19-4;1-6(10)7(11)12-4-2-3-8-5-9;1-8-10(3,9-2)6-4-5-7/h1,6-11H2,2-5H3,(H,15,17);2-4H2,1H3;7H,4-6H2,1-3H3. The highest BCUT2D eigenvalue weighted by Crippen LogP contribution is 2.13. The predicted octanol–water partition coefficient (Wildman–Crippen LogP) is 2.21. The van der Waals surface area contributed by atoms with Crippen molar-refractivity contribution < 1.29 is 61.0 Å². The Morgan fingerprint density at radius 2 is 1.36 bits per heavy atom. The fraction of sp³-hybridized carbons (Fsp3) is 0.741. The molecular formula is C27H52N2O13Si2. The number of aliphatic hydroxyl groups is 1. The summed E-state index contributed by atoms with van der Waals surface area (Å²) in [5.74, 6) is -1.63. The summed E-state index contributed by atoms with van der Waals surface area (Å²) in [4.78, 5) is 56.2. The molecule has 15 nitrogen and oxygen atoms in total. The van der Waals surface area contributed by atoms with Crippen LogP contribution >= 0.6 is 0 Å². The third-order valence-electron chi connectivity index (χ3n) is 5.75. The quantitative estimate of drug-likeness (QED) is 0.0325. The summed E-state index contributed by atoms with van der Waals surface area (Å²) in [5.41, 5.74) is 0.454. The zero-order chi connectivity index (χ0) is 34.4. The van der Waals surface area contributed by atoms with Crippen LogP contribution in [0.15, 0.2) is 17.1 Å². The normalized spacial score (nSPS) is 10.6. The van der Waals surface area contributed by atoms with E-state index in [0.717, 1.165) is 25.4 Å². The van der Waals surface area contributed by atoms with Crippen LogP contribution in [0.1, 0.15) is 33.1 Å². The van der Waals surface area contributed by atoms with E-state index in [9.17, 15) is 24.0 Å². The average molecular weight is 669 g/mol. The minimum absolute atomic E-state index is 0.0245. The molecule has 0 fully saturated rings. The number of Topliss-reactive ketones (excluding diaryl/α,β-unsaturated/α-hetero) is 2. The maximum absolute atomic E-state index is 11.4. The molecule has 0 aromatic carbocycles. The molecule has 0 aliphatic carbocycles. The molecule has 0 bridgehead atoms. The number of nitrogens with one attached hydrogen (secondary N) is 1. The summed E-state index contributed by atoms with van der Waals surface area (Å²) >= 11 is 0. The lowest BCUT2D eigenvalue weighted by atomic mass is 10.2. The molecule has 0 saturated heterocycles. The Kier molecular flexibility index (Phi) is 30.3. The molecule has 1 amide bonds. The summed E-state index contributed by atoms with van der Waals surface area (Å²) in [6, 6.07) is 1.61. The van der Waals surface area contributed by atoms with Gasteiger partial charge in [-0.05, 0) is 50.5 Å². The molecule has 0 heterocycles. The molecule has 0 unspecified atom stereocenters.